The Labute approximate surface area is 300 Å². The van der Waals surface area contributed by atoms with Gasteiger partial charge in [0.2, 0.25) is 27.7 Å². The number of hydrogen-bond acceptors (Lipinski definition) is 10. The highest BCUT2D eigenvalue weighted by atomic mass is 32.2. The fraction of sp³-hybridized carbons (Fsp3) is 0.595. The number of pyridine rings is 1. The topological polar surface area (TPSA) is 162 Å². The number of Topliss-reactive ketones (excluding diaryl/α,β-unsaturated/α-hetero) is 1. The first kappa shape index (κ1) is 38.0. The number of ether oxygens (including phenoxy) is 3. The molecule has 0 radical (unpaired) electrons. The third kappa shape index (κ3) is 8.48. The van der Waals surface area contributed by atoms with Gasteiger partial charge in [0.25, 0.3) is 0 Å². The van der Waals surface area contributed by atoms with E-state index in [1.807, 2.05) is 25.1 Å². The molecule has 2 aromatic rings. The van der Waals surface area contributed by atoms with Gasteiger partial charge in [0, 0.05) is 31.5 Å². The van der Waals surface area contributed by atoms with Crippen LogP contribution >= 0.6 is 0 Å². The van der Waals surface area contributed by atoms with E-state index in [0.717, 1.165) is 17.2 Å². The molecule has 3 aliphatic rings. The molecule has 3 amide bonds. The van der Waals surface area contributed by atoms with E-state index in [1.165, 1.54) is 16.8 Å². The lowest BCUT2D eigenvalue weighted by Crippen LogP contribution is -2.53. The zero-order valence-corrected chi connectivity index (χ0v) is 31.2. The Hall–Kier alpha value is -4.20. The molecule has 0 spiro atoms. The van der Waals surface area contributed by atoms with Crippen LogP contribution in [0.1, 0.15) is 79.1 Å². The van der Waals surface area contributed by atoms with Gasteiger partial charge in [-0.15, -0.1) is 6.58 Å². The highest BCUT2D eigenvalue weighted by Gasteiger charge is 2.61. The molecule has 1 aromatic carbocycles. The monoisotopic (exact) mass is 726 g/mol. The van der Waals surface area contributed by atoms with Crippen LogP contribution in [0.25, 0.3) is 10.8 Å². The van der Waals surface area contributed by atoms with Crippen molar-refractivity contribution in [3.05, 3.63) is 43.1 Å². The van der Waals surface area contributed by atoms with Crippen LogP contribution in [0, 0.1) is 11.3 Å². The highest BCUT2D eigenvalue weighted by molar-refractivity contribution is 7.90. The van der Waals surface area contributed by atoms with Gasteiger partial charge >= 0.3 is 6.09 Å². The first-order valence-corrected chi connectivity index (χ1v) is 19.1. The van der Waals surface area contributed by atoms with Crippen LogP contribution in [0.15, 0.2) is 43.1 Å². The number of nitrogens with one attached hydrogen (secondary N) is 1. The first-order valence-electron chi connectivity index (χ1n) is 17.6. The Kier molecular flexibility index (Phi) is 11.0. The normalized spacial score (nSPS) is 23.6. The number of benzene rings is 1. The van der Waals surface area contributed by atoms with E-state index in [0.29, 0.717) is 37.3 Å². The third-order valence-electron chi connectivity index (χ3n) is 9.95. The Morgan fingerprint density at radius 3 is 2.53 bits per heavy atom. The molecule has 2 saturated carbocycles. The minimum Gasteiger partial charge on any atom is -0.497 e. The second-order valence-corrected chi connectivity index (χ2v) is 16.9. The number of sulfonamides is 1. The number of hydrogen-bond donors (Lipinski definition) is 1. The summed E-state index contributed by atoms with van der Waals surface area (Å²) in [6.07, 6.45) is 4.64. The van der Waals surface area contributed by atoms with E-state index >= 15 is 0 Å². The number of carbonyl (C=O) groups is 4. The molecule has 1 saturated heterocycles. The van der Waals surface area contributed by atoms with Gasteiger partial charge in [-0.1, -0.05) is 25.8 Å². The van der Waals surface area contributed by atoms with Gasteiger partial charge in [0.15, 0.2) is 5.78 Å². The quantitative estimate of drug-likeness (QED) is 0.253. The molecule has 2 aliphatic carbocycles. The van der Waals surface area contributed by atoms with Crippen LogP contribution in [0.4, 0.5) is 4.79 Å². The van der Waals surface area contributed by atoms with Gasteiger partial charge in [-0.2, -0.15) is 0 Å². The molecule has 5 rings (SSSR count). The van der Waals surface area contributed by atoms with Gasteiger partial charge in [0.1, 0.15) is 23.5 Å². The number of methoxy groups -OCH3 is 1. The number of carbonyl (C=O) groups excluding carboxylic acids is 4. The molecular weight excluding hydrogens is 676 g/mol. The van der Waals surface area contributed by atoms with Crippen molar-refractivity contribution in [1.82, 2.24) is 19.5 Å². The van der Waals surface area contributed by atoms with Gasteiger partial charge in [-0.25, -0.2) is 18.2 Å². The fourth-order valence-corrected chi connectivity index (χ4v) is 8.16. The maximum Gasteiger partial charge on any atom is 0.410 e. The first-order chi connectivity index (χ1) is 24.0. The van der Waals surface area contributed by atoms with Crippen LogP contribution in [-0.4, -0.2) is 96.6 Å². The maximum atomic E-state index is 14.5. The molecule has 278 valence electrons. The number of nitrogens with zero attached hydrogens (tertiary/aromatic N) is 3. The zero-order valence-electron chi connectivity index (χ0n) is 30.3. The summed E-state index contributed by atoms with van der Waals surface area (Å²) in [4.78, 5) is 62.8. The summed E-state index contributed by atoms with van der Waals surface area (Å²) in [7, 11) is -0.760. The van der Waals surface area contributed by atoms with Crippen molar-refractivity contribution >= 4 is 44.5 Å². The van der Waals surface area contributed by atoms with E-state index in [2.05, 4.69) is 16.3 Å². The van der Waals surface area contributed by atoms with E-state index in [1.54, 1.807) is 46.2 Å². The Balaban J connectivity index is 1.45. The number of unbranched alkanes of at least 4 members (excludes halogenated alkanes) is 1. The minimum absolute atomic E-state index is 0.0222. The van der Waals surface area contributed by atoms with Crippen molar-refractivity contribution in [2.24, 2.45) is 11.3 Å². The molecule has 1 aromatic heterocycles. The second-order valence-electron chi connectivity index (χ2n) is 15.0. The van der Waals surface area contributed by atoms with Crippen molar-refractivity contribution in [3.8, 4) is 11.6 Å². The highest BCUT2D eigenvalue weighted by Crippen LogP contribution is 2.57. The summed E-state index contributed by atoms with van der Waals surface area (Å²) in [5.41, 5.74) is -2.09. The van der Waals surface area contributed by atoms with Crippen molar-refractivity contribution < 1.29 is 41.8 Å². The largest absolute Gasteiger partial charge is 0.497 e. The summed E-state index contributed by atoms with van der Waals surface area (Å²) in [6, 6.07) is 5.35. The van der Waals surface area contributed by atoms with E-state index in [9.17, 15) is 27.6 Å². The summed E-state index contributed by atoms with van der Waals surface area (Å²) in [5, 5.41) is 0.937. The molecule has 0 bridgehead atoms. The van der Waals surface area contributed by atoms with Crippen molar-refractivity contribution in [1.29, 1.82) is 0 Å². The lowest BCUT2D eigenvalue weighted by molar-refractivity contribution is -0.142. The number of ketones is 1. The van der Waals surface area contributed by atoms with E-state index < -0.39 is 74.1 Å². The van der Waals surface area contributed by atoms with Crippen LogP contribution in [0.3, 0.4) is 0 Å². The van der Waals surface area contributed by atoms with E-state index in [-0.39, 0.29) is 25.8 Å². The minimum atomic E-state index is -3.85. The SMILES string of the molecule is C=C[C@@H]1C[C@]1(CC(=O)[C@@H]1C[C@@H](Oc2nccc3cc(OC)ccc23)CN1C(=O)[C@H](CCCC)N(C)C(=O)OC(C)(C)C)C(=O)NS(=O)(=O)C1CC1. The van der Waals surface area contributed by atoms with Crippen molar-refractivity contribution in [2.45, 2.75) is 108 Å². The summed E-state index contributed by atoms with van der Waals surface area (Å²) in [6.45, 7) is 11.0. The average molecular weight is 727 g/mol. The molecule has 13 nitrogen and oxygen atoms in total. The molecular formula is C37H50N4O9S. The van der Waals surface area contributed by atoms with Crippen molar-refractivity contribution in [3.63, 3.8) is 0 Å². The molecule has 1 aliphatic heterocycles. The molecule has 0 unspecified atom stereocenters. The van der Waals surface area contributed by atoms with Gasteiger partial charge < -0.3 is 19.1 Å². The number of allylic oxidation sites excluding steroid dienone is 1. The smallest absolute Gasteiger partial charge is 0.410 e. The standard InChI is InChI=1S/C37H50N4O9S/c1-8-10-11-29(40(6)35(45)50-36(3,4)5)33(43)41-22-26(49-32-28-15-12-25(48-7)18-23(28)16-17-38-32)19-30(41)31(42)21-37(20-24(37)9-2)34(44)39-51(46,47)27-13-14-27/h9,12,15-18,24,26-27,29-30H,2,8,10-11,13-14,19-22H2,1,3-7H3,(H,39,44)/t24-,26-,29+,30+,37-/m1/s1. The van der Waals surface area contributed by atoms with E-state index in [4.69, 9.17) is 14.2 Å². The number of amides is 3. The zero-order chi connectivity index (χ0) is 37.3. The van der Waals surface area contributed by atoms with Gasteiger partial charge in [-0.3, -0.25) is 24.0 Å². The Bertz CT molecular complexity index is 1790. The molecule has 14 heteroatoms. The van der Waals surface area contributed by atoms with Crippen LogP contribution in [0.2, 0.25) is 0 Å². The van der Waals surface area contributed by atoms with Gasteiger partial charge in [-0.05, 0) is 82.0 Å². The van der Waals surface area contributed by atoms with Crippen LogP contribution in [0.5, 0.6) is 11.6 Å². The molecule has 51 heavy (non-hydrogen) atoms. The number of likely N-dealkylation sites (tertiary alicyclic amines) is 1. The van der Waals surface area contributed by atoms with Gasteiger partial charge in [0.05, 0.1) is 30.4 Å². The summed E-state index contributed by atoms with van der Waals surface area (Å²) >= 11 is 0. The predicted octanol–water partition coefficient (Wildman–Crippen LogP) is 4.78. The Morgan fingerprint density at radius 1 is 1.20 bits per heavy atom. The lowest BCUT2D eigenvalue weighted by atomic mass is 9.91. The van der Waals surface area contributed by atoms with Crippen LogP contribution < -0.4 is 14.2 Å². The molecule has 3 fully saturated rings. The molecule has 1 N–H and O–H groups in total. The fourth-order valence-electron chi connectivity index (χ4n) is 6.78. The van der Waals surface area contributed by atoms with Crippen LogP contribution in [-0.2, 0) is 29.1 Å². The average Bonchev–Trinajstić information content (AvgIpc) is 4.00. The lowest BCUT2D eigenvalue weighted by Gasteiger charge is -2.34. The maximum absolute atomic E-state index is 14.5. The number of fused-ring (bicyclic) bond motifs is 1. The second kappa shape index (κ2) is 14.8. The molecule has 2 heterocycles. The van der Waals surface area contributed by atoms with Crippen molar-refractivity contribution in [2.75, 3.05) is 20.7 Å². The third-order valence-corrected chi connectivity index (χ3v) is 11.8. The molecule has 5 atom stereocenters. The summed E-state index contributed by atoms with van der Waals surface area (Å²) in [5.74, 6) is -0.983. The number of rotatable bonds is 15. The number of aromatic nitrogens is 1. The number of likely N-dealkylation sites (N-methyl/N-ethyl adjacent to an activating group) is 1. The predicted molar refractivity (Wildman–Crippen MR) is 191 cm³/mol. The Morgan fingerprint density at radius 2 is 1.92 bits per heavy atom. The summed E-state index contributed by atoms with van der Waals surface area (Å²) < 4.78 is 45.0.